The fourth-order valence-electron chi connectivity index (χ4n) is 1.59. The molecule has 0 aliphatic rings. The molecule has 0 aliphatic heterocycles. The Morgan fingerprint density at radius 2 is 2.06 bits per heavy atom. The minimum atomic E-state index is 0.605. The van der Waals surface area contributed by atoms with Gasteiger partial charge in [0.25, 0.3) is 0 Å². The number of aromatic nitrogens is 1. The van der Waals surface area contributed by atoms with E-state index in [4.69, 9.17) is 23.2 Å². The van der Waals surface area contributed by atoms with Gasteiger partial charge in [-0.1, -0.05) is 29.3 Å². The average Bonchev–Trinajstić information content (AvgIpc) is 2.26. The summed E-state index contributed by atoms with van der Waals surface area (Å²) in [7, 11) is 1.92. The lowest BCUT2D eigenvalue weighted by molar-refractivity contribution is 0.779. The summed E-state index contributed by atoms with van der Waals surface area (Å²) < 4.78 is 0. The van der Waals surface area contributed by atoms with E-state index >= 15 is 0 Å². The van der Waals surface area contributed by atoms with Crippen LogP contribution < -0.4 is 5.32 Å². The van der Waals surface area contributed by atoms with Gasteiger partial charge in [0.15, 0.2) is 0 Å². The molecule has 2 nitrogen and oxygen atoms in total. The zero-order valence-electron chi connectivity index (χ0n) is 8.93. The van der Waals surface area contributed by atoms with E-state index < -0.39 is 0 Å². The number of hydrogen-bond donors (Lipinski definition) is 1. The molecule has 1 heterocycles. The Morgan fingerprint density at radius 1 is 1.25 bits per heavy atom. The first-order valence-corrected chi connectivity index (χ1v) is 5.85. The largest absolute Gasteiger partial charge is 0.319 e. The maximum absolute atomic E-state index is 6.11. The molecule has 0 saturated heterocycles. The molecule has 0 spiro atoms. The van der Waals surface area contributed by atoms with Crippen molar-refractivity contribution in [2.75, 3.05) is 13.6 Å². The van der Waals surface area contributed by atoms with Crippen LogP contribution in [0.5, 0.6) is 0 Å². The van der Waals surface area contributed by atoms with Crippen LogP contribution in [0, 0.1) is 0 Å². The average molecular weight is 255 g/mol. The first-order chi connectivity index (χ1) is 7.70. The number of halogens is 2. The molecule has 0 atom stereocenters. The molecule has 0 unspecified atom stereocenters. The zero-order chi connectivity index (χ0) is 11.5. The zero-order valence-corrected chi connectivity index (χ0v) is 10.4. The molecule has 1 aromatic heterocycles. The lowest BCUT2D eigenvalue weighted by atomic mass is 10.2. The molecule has 0 bridgehead atoms. The van der Waals surface area contributed by atoms with Crippen LogP contribution >= 0.6 is 23.2 Å². The van der Waals surface area contributed by atoms with Crippen molar-refractivity contribution in [3.8, 4) is 0 Å². The molecule has 4 heteroatoms. The second-order valence-corrected chi connectivity index (χ2v) is 4.46. The van der Waals surface area contributed by atoms with Gasteiger partial charge in [-0.15, -0.1) is 0 Å². The molecular weight excluding hydrogens is 243 g/mol. The highest BCUT2D eigenvalue weighted by atomic mass is 35.5. The highest BCUT2D eigenvalue weighted by molar-refractivity contribution is 6.38. The molecule has 0 saturated carbocycles. The molecule has 0 amide bonds. The summed E-state index contributed by atoms with van der Waals surface area (Å²) in [5.41, 5.74) is 1.85. The normalized spacial score (nSPS) is 10.9. The Hall–Kier alpha value is -0.830. The minimum absolute atomic E-state index is 0.605. The Labute approximate surface area is 105 Å². The molecule has 84 valence electrons. The molecule has 0 fully saturated rings. The van der Waals surface area contributed by atoms with E-state index in [1.807, 2.05) is 25.2 Å². The third kappa shape index (κ3) is 2.46. The van der Waals surface area contributed by atoms with Crippen molar-refractivity contribution in [2.24, 2.45) is 0 Å². The van der Waals surface area contributed by atoms with Gasteiger partial charge in [-0.2, -0.15) is 0 Å². The molecule has 2 aromatic rings. The van der Waals surface area contributed by atoms with Crippen molar-refractivity contribution in [2.45, 2.75) is 6.42 Å². The van der Waals surface area contributed by atoms with Crippen LogP contribution in [0.3, 0.4) is 0 Å². The van der Waals surface area contributed by atoms with Gasteiger partial charge in [0, 0.05) is 29.1 Å². The van der Waals surface area contributed by atoms with Gasteiger partial charge >= 0.3 is 0 Å². The molecule has 1 N–H and O–H groups in total. The van der Waals surface area contributed by atoms with Crippen LogP contribution in [-0.4, -0.2) is 18.6 Å². The molecule has 2 rings (SSSR count). The number of rotatable bonds is 3. The topological polar surface area (TPSA) is 24.9 Å². The fraction of sp³-hybridized carbons (Fsp3) is 0.250. The first kappa shape index (κ1) is 11.6. The Balaban J connectivity index is 2.45. The molecule has 16 heavy (non-hydrogen) atoms. The number of nitrogens with one attached hydrogen (secondary N) is 1. The first-order valence-electron chi connectivity index (χ1n) is 5.10. The van der Waals surface area contributed by atoms with Crippen LogP contribution in [0.25, 0.3) is 10.9 Å². The Bertz CT molecular complexity index is 512. The van der Waals surface area contributed by atoms with Crippen LogP contribution in [0.2, 0.25) is 10.0 Å². The highest BCUT2D eigenvalue weighted by Gasteiger charge is 2.04. The summed E-state index contributed by atoms with van der Waals surface area (Å²) in [5.74, 6) is 0. The van der Waals surface area contributed by atoms with Crippen molar-refractivity contribution in [1.29, 1.82) is 0 Å². The molecule has 0 radical (unpaired) electrons. The summed E-state index contributed by atoms with van der Waals surface area (Å²) in [6.45, 7) is 0.906. The third-order valence-electron chi connectivity index (χ3n) is 2.40. The number of likely N-dealkylation sites (N-methyl/N-ethyl adjacent to an activating group) is 1. The number of fused-ring (bicyclic) bond motifs is 1. The Kier molecular flexibility index (Phi) is 3.64. The van der Waals surface area contributed by atoms with E-state index in [2.05, 4.69) is 10.3 Å². The summed E-state index contributed by atoms with van der Waals surface area (Å²) >= 11 is 12.0. The van der Waals surface area contributed by atoms with Gasteiger partial charge in [0.1, 0.15) is 0 Å². The second-order valence-electron chi connectivity index (χ2n) is 3.62. The molecule has 1 aromatic carbocycles. The SMILES string of the molecule is CNCCc1ccc2cc(Cl)cc(Cl)c2n1. The van der Waals surface area contributed by atoms with Gasteiger partial charge in [-0.05, 0) is 25.2 Å². The van der Waals surface area contributed by atoms with E-state index in [-0.39, 0.29) is 0 Å². The quantitative estimate of drug-likeness (QED) is 0.910. The summed E-state index contributed by atoms with van der Waals surface area (Å²) in [6.07, 6.45) is 0.894. The van der Waals surface area contributed by atoms with Crippen LogP contribution in [0.15, 0.2) is 24.3 Å². The van der Waals surface area contributed by atoms with E-state index in [1.54, 1.807) is 6.07 Å². The Morgan fingerprint density at radius 3 is 2.81 bits per heavy atom. The van der Waals surface area contributed by atoms with Crippen LogP contribution in [0.1, 0.15) is 5.69 Å². The summed E-state index contributed by atoms with van der Waals surface area (Å²) in [4.78, 5) is 4.52. The van der Waals surface area contributed by atoms with Crippen molar-refractivity contribution in [3.05, 3.63) is 40.0 Å². The number of benzene rings is 1. The smallest absolute Gasteiger partial charge is 0.0892 e. The number of nitrogens with zero attached hydrogens (tertiary/aromatic N) is 1. The van der Waals surface area contributed by atoms with Gasteiger partial charge in [-0.25, -0.2) is 0 Å². The summed E-state index contributed by atoms with van der Waals surface area (Å²) in [5, 5.41) is 5.32. The second kappa shape index (κ2) is 5.00. The van der Waals surface area contributed by atoms with E-state index in [0.717, 1.165) is 29.6 Å². The highest BCUT2D eigenvalue weighted by Crippen LogP contribution is 2.26. The van der Waals surface area contributed by atoms with Gasteiger partial charge in [0.05, 0.1) is 10.5 Å². The predicted molar refractivity (Wildman–Crippen MR) is 69.4 cm³/mol. The maximum atomic E-state index is 6.11. The van der Waals surface area contributed by atoms with Crippen molar-refractivity contribution in [1.82, 2.24) is 10.3 Å². The number of hydrogen-bond acceptors (Lipinski definition) is 2. The standard InChI is InChI=1S/C12H12Cl2N2/c1-15-5-4-10-3-2-8-6-9(13)7-11(14)12(8)16-10/h2-3,6-7,15H,4-5H2,1H3. The van der Waals surface area contributed by atoms with E-state index in [9.17, 15) is 0 Å². The predicted octanol–water partition coefficient (Wildman–Crippen LogP) is 3.30. The van der Waals surface area contributed by atoms with Gasteiger partial charge in [0.2, 0.25) is 0 Å². The molecule has 0 aliphatic carbocycles. The van der Waals surface area contributed by atoms with E-state index in [1.165, 1.54) is 0 Å². The van der Waals surface area contributed by atoms with Crippen LogP contribution in [0.4, 0.5) is 0 Å². The minimum Gasteiger partial charge on any atom is -0.319 e. The third-order valence-corrected chi connectivity index (χ3v) is 2.91. The van der Waals surface area contributed by atoms with E-state index in [0.29, 0.717) is 10.0 Å². The number of pyridine rings is 1. The fourth-order valence-corrected chi connectivity index (χ4v) is 2.14. The molecular formula is C12H12Cl2N2. The summed E-state index contributed by atoms with van der Waals surface area (Å²) in [6, 6.07) is 7.61. The lowest BCUT2D eigenvalue weighted by Crippen LogP contribution is -2.11. The van der Waals surface area contributed by atoms with Crippen molar-refractivity contribution >= 4 is 34.1 Å². The van der Waals surface area contributed by atoms with Crippen molar-refractivity contribution < 1.29 is 0 Å². The lowest BCUT2D eigenvalue weighted by Gasteiger charge is -2.04. The van der Waals surface area contributed by atoms with Crippen LogP contribution in [-0.2, 0) is 6.42 Å². The van der Waals surface area contributed by atoms with Gasteiger partial charge in [-0.3, -0.25) is 4.98 Å². The maximum Gasteiger partial charge on any atom is 0.0892 e. The monoisotopic (exact) mass is 254 g/mol. The van der Waals surface area contributed by atoms with Crippen molar-refractivity contribution in [3.63, 3.8) is 0 Å². The van der Waals surface area contributed by atoms with Gasteiger partial charge < -0.3 is 5.32 Å².